The van der Waals surface area contributed by atoms with Crippen LogP contribution in [0.5, 0.6) is 0 Å². The molecule has 0 atom stereocenters. The molecule has 0 aromatic heterocycles. The van der Waals surface area contributed by atoms with Crippen LogP contribution in [0.25, 0.3) is 0 Å². The van der Waals surface area contributed by atoms with Gasteiger partial charge >= 0.3 is 232 Å². The van der Waals surface area contributed by atoms with E-state index >= 15 is 0 Å². The summed E-state index contributed by atoms with van der Waals surface area (Å²) in [5.41, 5.74) is 0. The second-order valence-corrected chi connectivity index (χ2v) is 37.4. The van der Waals surface area contributed by atoms with Gasteiger partial charge in [-0.25, -0.2) is 0 Å². The zero-order chi connectivity index (χ0) is 25.2. The van der Waals surface area contributed by atoms with Crippen molar-refractivity contribution < 1.29 is 0 Å². The van der Waals surface area contributed by atoms with Gasteiger partial charge in [-0.05, 0) is 0 Å². The Morgan fingerprint density at radius 2 is 0.471 bits per heavy atom. The summed E-state index contributed by atoms with van der Waals surface area (Å²) in [7, 11) is -2.26. The molecule has 0 saturated carbocycles. The number of hydrogen-bond donors (Lipinski definition) is 0. The molecule has 0 nitrogen and oxygen atoms in total. The predicted molar refractivity (Wildman–Crippen MR) is 173 cm³/mol. The van der Waals surface area contributed by atoms with Gasteiger partial charge in [-0.15, -0.1) is 0 Å². The van der Waals surface area contributed by atoms with Crippen molar-refractivity contribution in [3.8, 4) is 0 Å². The molecule has 0 N–H and O–H groups in total. The van der Waals surface area contributed by atoms with Crippen molar-refractivity contribution in [1.82, 2.24) is 0 Å². The summed E-state index contributed by atoms with van der Waals surface area (Å²) in [6.07, 6.45) is 35.5. The minimum absolute atomic E-state index is 1.38. The molecule has 0 bridgehead atoms. The quantitative estimate of drug-likeness (QED) is 0.0447. The van der Waals surface area contributed by atoms with Gasteiger partial charge in [-0.3, -0.25) is 0 Å². The maximum absolute atomic E-state index is 3.26. The van der Waals surface area contributed by atoms with Crippen molar-refractivity contribution in [2.24, 2.45) is 0 Å². The molecule has 0 aliphatic rings. The first-order chi connectivity index (χ1) is 16.5. The van der Waals surface area contributed by atoms with Crippen LogP contribution in [-0.2, 0) is 0 Å². The van der Waals surface area contributed by atoms with Crippen LogP contribution in [0.3, 0.4) is 0 Å². The molecule has 0 aliphatic carbocycles. The van der Waals surface area contributed by atoms with E-state index in [1.54, 1.807) is 46.5 Å². The van der Waals surface area contributed by atoms with Crippen molar-refractivity contribution in [2.75, 3.05) is 0 Å². The molecule has 34 heavy (non-hydrogen) atoms. The molecule has 0 aliphatic heterocycles. The molecule has 0 unspecified atom stereocenters. The maximum atomic E-state index is 3.26. The standard InChI is InChI=1S/C32H68AsI/c1-5-9-13-17-21-25-29-33(34,30-26-22-18-14-10-6-2,31-27-23-19-15-11-7-3)32-28-24-20-16-12-8-4/h5-32H2,1-4H3. The molecular formula is C32H68AsI. The van der Waals surface area contributed by atoms with Gasteiger partial charge in [-0.1, -0.05) is 0 Å². The molecule has 208 valence electrons. The summed E-state index contributed by atoms with van der Waals surface area (Å²) in [5.74, 6) is 0. The SMILES string of the molecule is CCCCCCCC[As](I)(CCCCCCCC)(CCCCCCCC)CCCCCCCC. The third kappa shape index (κ3) is 20.4. The van der Waals surface area contributed by atoms with Crippen LogP contribution < -0.4 is 0 Å². The summed E-state index contributed by atoms with van der Waals surface area (Å²) < 4.78 is 0. The second-order valence-electron chi connectivity index (χ2n) is 11.8. The molecular weight excluding hydrogens is 586 g/mol. The zero-order valence-corrected chi connectivity index (χ0v) is 28.7. The Bertz CT molecular complexity index is 332. The molecule has 2 heteroatoms. The van der Waals surface area contributed by atoms with Gasteiger partial charge in [0.25, 0.3) is 0 Å². The van der Waals surface area contributed by atoms with Crippen molar-refractivity contribution in [1.29, 1.82) is 0 Å². The second kappa shape index (κ2) is 24.6. The summed E-state index contributed by atoms with van der Waals surface area (Å²) in [4.78, 5) is 0. The zero-order valence-electron chi connectivity index (χ0n) is 24.6. The number of unbranched alkanes of at least 4 members (excludes halogenated alkanes) is 20. The van der Waals surface area contributed by atoms with Gasteiger partial charge < -0.3 is 0 Å². The van der Waals surface area contributed by atoms with Crippen LogP contribution in [0.2, 0.25) is 20.8 Å². The molecule has 0 heterocycles. The first kappa shape index (κ1) is 35.3. The van der Waals surface area contributed by atoms with Crippen LogP contribution in [0, 0.1) is 0 Å². The summed E-state index contributed by atoms with van der Waals surface area (Å²) in [6.45, 7) is 9.39. The Balaban J connectivity index is 5.00. The van der Waals surface area contributed by atoms with E-state index in [4.69, 9.17) is 0 Å². The van der Waals surface area contributed by atoms with Crippen molar-refractivity contribution in [2.45, 2.75) is 203 Å². The van der Waals surface area contributed by atoms with Crippen molar-refractivity contribution >= 4 is 29.2 Å². The van der Waals surface area contributed by atoms with E-state index in [-0.39, 0.29) is 0 Å². The fourth-order valence-corrected chi connectivity index (χ4v) is 24.2. The molecule has 0 aromatic rings. The van der Waals surface area contributed by atoms with E-state index in [9.17, 15) is 0 Å². The Kier molecular flexibility index (Phi) is 25.5. The average Bonchev–Trinajstić information content (AvgIpc) is 2.83. The van der Waals surface area contributed by atoms with Gasteiger partial charge in [0.15, 0.2) is 0 Å². The van der Waals surface area contributed by atoms with Crippen molar-refractivity contribution in [3.05, 3.63) is 0 Å². The van der Waals surface area contributed by atoms with Gasteiger partial charge in [0.2, 0.25) is 0 Å². The monoisotopic (exact) mass is 654 g/mol. The summed E-state index contributed by atoms with van der Waals surface area (Å²) in [5, 5.41) is 6.68. The Morgan fingerprint density at radius 1 is 0.294 bits per heavy atom. The first-order valence-corrected chi connectivity index (χ1v) is 27.3. The van der Waals surface area contributed by atoms with E-state index in [0.29, 0.717) is 0 Å². The van der Waals surface area contributed by atoms with Crippen LogP contribution >= 0.6 is 20.1 Å². The predicted octanol–water partition coefficient (Wildman–Crippen LogP) is 13.8. The van der Waals surface area contributed by atoms with Gasteiger partial charge in [0, 0.05) is 0 Å². The van der Waals surface area contributed by atoms with Gasteiger partial charge in [-0.2, -0.15) is 0 Å². The first-order valence-electron chi connectivity index (χ1n) is 16.3. The number of halogens is 1. The Labute approximate surface area is 230 Å². The average molecular weight is 655 g/mol. The molecule has 0 radical (unpaired) electrons. The van der Waals surface area contributed by atoms with E-state index in [1.807, 2.05) is 0 Å². The van der Waals surface area contributed by atoms with Crippen molar-refractivity contribution in [3.63, 3.8) is 0 Å². The molecule has 0 saturated heterocycles. The van der Waals surface area contributed by atoms with Crippen LogP contribution in [0.15, 0.2) is 0 Å². The third-order valence-corrected chi connectivity index (χ3v) is 30.3. The van der Waals surface area contributed by atoms with E-state index in [2.05, 4.69) is 47.8 Å². The fraction of sp³-hybridized carbons (Fsp3) is 1.00. The minimum atomic E-state index is -2.26. The van der Waals surface area contributed by atoms with Crippen LogP contribution in [0.4, 0.5) is 0 Å². The summed E-state index contributed by atoms with van der Waals surface area (Å²) in [6, 6.07) is 0. The van der Waals surface area contributed by atoms with E-state index < -0.39 is 9.10 Å². The molecule has 0 fully saturated rings. The summed E-state index contributed by atoms with van der Waals surface area (Å²) >= 11 is 3.26. The molecule has 0 amide bonds. The van der Waals surface area contributed by atoms with Gasteiger partial charge in [0.1, 0.15) is 0 Å². The van der Waals surface area contributed by atoms with E-state index in [0.717, 1.165) is 0 Å². The van der Waals surface area contributed by atoms with Crippen LogP contribution in [-0.4, -0.2) is 9.10 Å². The Morgan fingerprint density at radius 3 is 0.676 bits per heavy atom. The molecule has 0 spiro atoms. The number of hydrogen-bond acceptors (Lipinski definition) is 0. The van der Waals surface area contributed by atoms with Crippen LogP contribution in [0.1, 0.15) is 182 Å². The number of rotatable bonds is 28. The molecule has 0 rings (SSSR count). The Hall–Kier alpha value is 1.29. The normalized spacial score (nSPS) is 13.3. The topological polar surface area (TPSA) is 0 Å². The third-order valence-electron chi connectivity index (χ3n) is 8.28. The van der Waals surface area contributed by atoms with Gasteiger partial charge in [0.05, 0.1) is 0 Å². The fourth-order valence-electron chi connectivity index (χ4n) is 5.82. The van der Waals surface area contributed by atoms with E-state index in [1.165, 1.54) is 128 Å². The molecule has 0 aromatic carbocycles.